The number of rotatable bonds is 1. The number of pyridine rings is 1. The maximum Gasteiger partial charge on any atom is 0.159 e. The first-order valence-corrected chi connectivity index (χ1v) is 7.54. The van der Waals surface area contributed by atoms with Gasteiger partial charge in [-0.2, -0.15) is 0 Å². The minimum atomic E-state index is 0.851. The van der Waals surface area contributed by atoms with Crippen molar-refractivity contribution in [3.63, 3.8) is 0 Å². The zero-order valence-electron chi connectivity index (χ0n) is 10.4. The smallest absolute Gasteiger partial charge is 0.159 e. The third kappa shape index (κ3) is 1.66. The average molecular weight is 346 g/mol. The topological polar surface area (TPSA) is 56.5 Å². The van der Waals surface area contributed by atoms with Gasteiger partial charge in [0.2, 0.25) is 0 Å². The Hall–Kier alpha value is -1.86. The number of aryl methyl sites for hydroxylation is 1. The van der Waals surface area contributed by atoms with E-state index >= 15 is 0 Å². The molecule has 0 amide bonds. The molecule has 0 atom stereocenters. The van der Waals surface area contributed by atoms with Gasteiger partial charge in [-0.1, -0.05) is 0 Å². The molecule has 4 rings (SSSR count). The number of halogens is 1. The summed E-state index contributed by atoms with van der Waals surface area (Å²) in [7, 11) is 0. The Morgan fingerprint density at radius 1 is 1.20 bits per heavy atom. The number of nitrogens with zero attached hydrogens (tertiary/aromatic N) is 5. The van der Waals surface area contributed by atoms with Crippen LogP contribution >= 0.6 is 27.3 Å². The van der Waals surface area contributed by atoms with Crippen LogP contribution in [0.1, 0.15) is 5.82 Å². The Morgan fingerprint density at radius 2 is 2.10 bits per heavy atom. The Bertz CT molecular complexity index is 942. The van der Waals surface area contributed by atoms with Crippen molar-refractivity contribution in [1.82, 2.24) is 24.5 Å². The highest BCUT2D eigenvalue weighted by Crippen LogP contribution is 2.35. The fraction of sp³-hybridized carbons (Fsp3) is 0.0769. The van der Waals surface area contributed by atoms with Crippen molar-refractivity contribution in [2.75, 3.05) is 0 Å². The molecule has 0 aromatic carbocycles. The molecule has 4 aromatic rings. The number of fused-ring (bicyclic) bond motifs is 3. The molecule has 20 heavy (non-hydrogen) atoms. The summed E-state index contributed by atoms with van der Waals surface area (Å²) in [6, 6.07) is 2.04. The first kappa shape index (κ1) is 11.9. The van der Waals surface area contributed by atoms with E-state index in [9.17, 15) is 0 Å². The molecule has 0 aliphatic carbocycles. The Kier molecular flexibility index (Phi) is 2.58. The van der Waals surface area contributed by atoms with Gasteiger partial charge >= 0.3 is 0 Å². The summed E-state index contributed by atoms with van der Waals surface area (Å²) in [6.45, 7) is 1.95. The summed E-state index contributed by atoms with van der Waals surface area (Å²) >= 11 is 5.05. The summed E-state index contributed by atoms with van der Waals surface area (Å²) in [5.41, 5.74) is 0.928. The van der Waals surface area contributed by atoms with Crippen LogP contribution in [0.15, 0.2) is 35.5 Å². The fourth-order valence-corrected chi connectivity index (χ4v) is 3.60. The second-order valence-corrected chi connectivity index (χ2v) is 6.24. The predicted molar refractivity (Wildman–Crippen MR) is 82.3 cm³/mol. The van der Waals surface area contributed by atoms with Crippen LogP contribution in [0.25, 0.3) is 26.3 Å². The molecule has 0 saturated heterocycles. The van der Waals surface area contributed by atoms with Crippen LogP contribution in [-0.2, 0) is 0 Å². The van der Waals surface area contributed by atoms with Gasteiger partial charge in [0, 0.05) is 28.4 Å². The second-order valence-electron chi connectivity index (χ2n) is 4.33. The first-order chi connectivity index (χ1) is 9.74. The van der Waals surface area contributed by atoms with Crippen LogP contribution < -0.4 is 0 Å². The number of imidazole rings is 1. The van der Waals surface area contributed by atoms with Gasteiger partial charge in [-0.05, 0) is 28.9 Å². The van der Waals surface area contributed by atoms with E-state index < -0.39 is 0 Å². The summed E-state index contributed by atoms with van der Waals surface area (Å²) < 4.78 is 3.94. The third-order valence-corrected chi connectivity index (χ3v) is 4.64. The fourth-order valence-electron chi connectivity index (χ4n) is 2.20. The van der Waals surface area contributed by atoms with E-state index in [1.807, 2.05) is 23.8 Å². The molecule has 0 unspecified atom stereocenters. The van der Waals surface area contributed by atoms with E-state index in [2.05, 4.69) is 35.9 Å². The maximum absolute atomic E-state index is 4.44. The van der Waals surface area contributed by atoms with Crippen molar-refractivity contribution in [3.05, 3.63) is 41.3 Å². The number of hydrogen-bond acceptors (Lipinski definition) is 5. The molecule has 0 aliphatic rings. The van der Waals surface area contributed by atoms with Crippen LogP contribution in [0.5, 0.6) is 0 Å². The number of thiophene rings is 1. The average Bonchev–Trinajstić information content (AvgIpc) is 3.02. The zero-order chi connectivity index (χ0) is 13.7. The summed E-state index contributed by atoms with van der Waals surface area (Å²) in [5.74, 6) is 1.75. The highest BCUT2D eigenvalue weighted by molar-refractivity contribution is 9.10. The number of hydrogen-bond donors (Lipinski definition) is 0. The summed E-state index contributed by atoms with van der Waals surface area (Å²) in [5, 5.41) is 1.04. The lowest BCUT2D eigenvalue weighted by molar-refractivity contribution is 0.938. The lowest BCUT2D eigenvalue weighted by atomic mass is 10.3. The van der Waals surface area contributed by atoms with E-state index in [4.69, 9.17) is 0 Å². The molecule has 4 aromatic heterocycles. The third-order valence-electron chi connectivity index (χ3n) is 3.11. The van der Waals surface area contributed by atoms with Crippen molar-refractivity contribution >= 4 is 47.7 Å². The SMILES string of the molecule is Cc1nccn1-c1ncnc2c1sc1ncc(Br)cc12. The normalized spacial score (nSPS) is 11.5. The molecule has 0 saturated carbocycles. The number of aromatic nitrogens is 5. The summed E-state index contributed by atoms with van der Waals surface area (Å²) in [4.78, 5) is 18.5. The minimum Gasteiger partial charge on any atom is -0.287 e. The van der Waals surface area contributed by atoms with E-state index in [0.717, 1.165) is 36.5 Å². The van der Waals surface area contributed by atoms with Gasteiger partial charge in [-0.15, -0.1) is 11.3 Å². The predicted octanol–water partition coefficient (Wildman–Crippen LogP) is 3.50. The van der Waals surface area contributed by atoms with Gasteiger partial charge in [-0.3, -0.25) is 4.57 Å². The van der Waals surface area contributed by atoms with Crippen molar-refractivity contribution in [3.8, 4) is 5.82 Å². The largest absolute Gasteiger partial charge is 0.287 e. The Labute approximate surface area is 126 Å². The summed E-state index contributed by atoms with van der Waals surface area (Å²) in [6.07, 6.45) is 7.06. The van der Waals surface area contributed by atoms with Crippen LogP contribution in [0, 0.1) is 6.92 Å². The Balaban J connectivity index is 2.14. The van der Waals surface area contributed by atoms with Gasteiger partial charge in [-0.25, -0.2) is 19.9 Å². The molecule has 0 N–H and O–H groups in total. The molecule has 0 fully saturated rings. The van der Waals surface area contributed by atoms with Crippen LogP contribution in [-0.4, -0.2) is 24.5 Å². The molecule has 5 nitrogen and oxygen atoms in total. The van der Waals surface area contributed by atoms with Gasteiger partial charge in [0.1, 0.15) is 17.0 Å². The van der Waals surface area contributed by atoms with Crippen molar-refractivity contribution < 1.29 is 0 Å². The molecule has 0 spiro atoms. The van der Waals surface area contributed by atoms with E-state index in [1.54, 1.807) is 30.1 Å². The highest BCUT2D eigenvalue weighted by atomic mass is 79.9. The van der Waals surface area contributed by atoms with Gasteiger partial charge in [0.25, 0.3) is 0 Å². The molecular weight excluding hydrogens is 338 g/mol. The molecule has 0 aliphatic heterocycles. The molecule has 98 valence electrons. The molecule has 0 bridgehead atoms. The zero-order valence-corrected chi connectivity index (χ0v) is 12.8. The van der Waals surface area contributed by atoms with Crippen LogP contribution in [0.4, 0.5) is 0 Å². The van der Waals surface area contributed by atoms with Gasteiger partial charge < -0.3 is 0 Å². The highest BCUT2D eigenvalue weighted by Gasteiger charge is 2.14. The minimum absolute atomic E-state index is 0.851. The molecular formula is C13H8BrN5S. The van der Waals surface area contributed by atoms with Crippen LogP contribution in [0.2, 0.25) is 0 Å². The lowest BCUT2D eigenvalue weighted by Crippen LogP contribution is -1.99. The second kappa shape index (κ2) is 4.32. The first-order valence-electron chi connectivity index (χ1n) is 5.93. The quantitative estimate of drug-likeness (QED) is 0.529. The van der Waals surface area contributed by atoms with Crippen molar-refractivity contribution in [1.29, 1.82) is 0 Å². The molecule has 0 radical (unpaired) electrons. The molecule has 7 heteroatoms. The maximum atomic E-state index is 4.44. The van der Waals surface area contributed by atoms with E-state index in [0.29, 0.717) is 0 Å². The monoisotopic (exact) mass is 345 g/mol. The standard InChI is InChI=1S/C13H8BrN5S/c1-7-15-2-3-19(7)12-11-10(17-6-18-12)9-4-8(14)5-16-13(9)20-11/h2-6H,1H3. The Morgan fingerprint density at radius 3 is 2.90 bits per heavy atom. The molecule has 4 heterocycles. The van der Waals surface area contributed by atoms with Gasteiger partial charge in [0.05, 0.1) is 10.2 Å². The van der Waals surface area contributed by atoms with Crippen LogP contribution in [0.3, 0.4) is 0 Å². The lowest BCUT2D eigenvalue weighted by Gasteiger charge is -2.03. The van der Waals surface area contributed by atoms with Gasteiger partial charge in [0.15, 0.2) is 5.82 Å². The van der Waals surface area contributed by atoms with E-state index in [1.165, 1.54) is 0 Å². The van der Waals surface area contributed by atoms with E-state index in [-0.39, 0.29) is 0 Å². The van der Waals surface area contributed by atoms with Crippen molar-refractivity contribution in [2.24, 2.45) is 0 Å². The van der Waals surface area contributed by atoms with Crippen molar-refractivity contribution in [2.45, 2.75) is 6.92 Å².